The van der Waals surface area contributed by atoms with Crippen LogP contribution in [0, 0.1) is 19.3 Å². The van der Waals surface area contributed by atoms with Crippen molar-refractivity contribution in [3.05, 3.63) is 29.2 Å². The minimum absolute atomic E-state index is 0.0125. The molecule has 2 aromatic rings. The molecule has 2 aliphatic heterocycles. The quantitative estimate of drug-likeness (QED) is 0.807. The maximum absolute atomic E-state index is 12.9. The Labute approximate surface area is 135 Å². The van der Waals surface area contributed by atoms with E-state index in [2.05, 4.69) is 10.1 Å². The second-order valence-corrected chi connectivity index (χ2v) is 6.97. The Kier molecular flexibility index (Phi) is 3.37. The molecule has 4 rings (SSSR count). The maximum Gasteiger partial charge on any atom is 0.274 e. The monoisotopic (exact) mass is 314 g/mol. The molecule has 2 aliphatic rings. The zero-order chi connectivity index (χ0) is 16.0. The van der Waals surface area contributed by atoms with Crippen LogP contribution in [0.4, 0.5) is 0 Å². The second-order valence-electron chi connectivity index (χ2n) is 6.97. The zero-order valence-corrected chi connectivity index (χ0v) is 13.7. The van der Waals surface area contributed by atoms with Gasteiger partial charge in [-0.1, -0.05) is 0 Å². The average Bonchev–Trinajstić information content (AvgIpc) is 3.14. The van der Waals surface area contributed by atoms with Crippen LogP contribution in [-0.2, 0) is 4.74 Å². The summed E-state index contributed by atoms with van der Waals surface area (Å²) in [6, 6.07) is 3.77. The molecule has 1 atom stereocenters. The summed E-state index contributed by atoms with van der Waals surface area (Å²) >= 11 is 0. The van der Waals surface area contributed by atoms with Gasteiger partial charge in [-0.3, -0.25) is 4.79 Å². The van der Waals surface area contributed by atoms with E-state index in [0.717, 1.165) is 62.6 Å². The van der Waals surface area contributed by atoms with Crippen molar-refractivity contribution in [1.29, 1.82) is 0 Å². The third kappa shape index (κ3) is 2.51. The van der Waals surface area contributed by atoms with Crippen LogP contribution >= 0.6 is 0 Å². The van der Waals surface area contributed by atoms with Crippen molar-refractivity contribution in [3.63, 3.8) is 0 Å². The number of piperidine rings is 1. The summed E-state index contributed by atoms with van der Waals surface area (Å²) in [4.78, 5) is 19.3. The van der Waals surface area contributed by atoms with Gasteiger partial charge in [-0.25, -0.2) is 9.50 Å². The summed E-state index contributed by atoms with van der Waals surface area (Å²) in [5, 5.41) is 4.48. The van der Waals surface area contributed by atoms with Crippen LogP contribution in [0.3, 0.4) is 0 Å². The number of aromatic nitrogens is 3. The molecular weight excluding hydrogens is 292 g/mol. The SMILES string of the molecule is Cc1cc(C)n2nc(C(=O)N3CCCC4(CCOC4)C3)cc2n1. The molecule has 2 saturated heterocycles. The molecule has 4 heterocycles. The van der Waals surface area contributed by atoms with Gasteiger partial charge in [-0.2, -0.15) is 5.10 Å². The van der Waals surface area contributed by atoms with E-state index in [1.807, 2.05) is 24.8 Å². The lowest BCUT2D eigenvalue weighted by molar-refractivity contribution is 0.0457. The highest BCUT2D eigenvalue weighted by atomic mass is 16.5. The Morgan fingerprint density at radius 1 is 1.30 bits per heavy atom. The van der Waals surface area contributed by atoms with Crippen LogP contribution < -0.4 is 0 Å². The summed E-state index contributed by atoms with van der Waals surface area (Å²) in [6.07, 6.45) is 3.25. The maximum atomic E-state index is 12.9. The fourth-order valence-electron chi connectivity index (χ4n) is 3.91. The minimum atomic E-state index is 0.0125. The van der Waals surface area contributed by atoms with Crippen LogP contribution in [0.15, 0.2) is 12.1 Å². The van der Waals surface area contributed by atoms with E-state index in [4.69, 9.17) is 4.74 Å². The summed E-state index contributed by atoms with van der Waals surface area (Å²) in [5.41, 5.74) is 3.32. The normalized spacial score (nSPS) is 24.7. The van der Waals surface area contributed by atoms with Crippen LogP contribution in [-0.4, -0.2) is 51.7 Å². The highest BCUT2D eigenvalue weighted by molar-refractivity contribution is 5.93. The van der Waals surface area contributed by atoms with Crippen molar-refractivity contribution in [3.8, 4) is 0 Å². The topological polar surface area (TPSA) is 59.7 Å². The molecule has 6 nitrogen and oxygen atoms in total. The molecular formula is C17H22N4O2. The Balaban J connectivity index is 1.62. The molecule has 0 N–H and O–H groups in total. The van der Waals surface area contributed by atoms with Gasteiger partial charge in [0.05, 0.1) is 6.61 Å². The smallest absolute Gasteiger partial charge is 0.274 e. The number of aryl methyl sites for hydroxylation is 2. The number of likely N-dealkylation sites (tertiary alicyclic amines) is 1. The third-order valence-corrected chi connectivity index (χ3v) is 5.09. The lowest BCUT2D eigenvalue weighted by Gasteiger charge is -2.39. The molecule has 1 spiro atoms. The highest BCUT2D eigenvalue weighted by Crippen LogP contribution is 2.37. The first-order valence-electron chi connectivity index (χ1n) is 8.27. The standard InChI is InChI=1S/C17H22N4O2/c1-12-8-13(2)21-15(18-12)9-14(19-21)16(22)20-6-3-4-17(10-20)5-7-23-11-17/h8-9H,3-7,10-11H2,1-2H3. The van der Waals surface area contributed by atoms with Crippen molar-refractivity contribution in [2.75, 3.05) is 26.3 Å². The van der Waals surface area contributed by atoms with Crippen molar-refractivity contribution in [2.24, 2.45) is 5.41 Å². The zero-order valence-electron chi connectivity index (χ0n) is 13.7. The fraction of sp³-hybridized carbons (Fsp3) is 0.588. The number of ether oxygens (including phenoxy) is 1. The molecule has 23 heavy (non-hydrogen) atoms. The molecule has 0 saturated carbocycles. The molecule has 0 aliphatic carbocycles. The molecule has 0 radical (unpaired) electrons. The second kappa shape index (κ2) is 5.30. The van der Waals surface area contributed by atoms with Gasteiger partial charge in [0.15, 0.2) is 11.3 Å². The predicted octanol–water partition coefficient (Wildman–Crippen LogP) is 1.99. The number of fused-ring (bicyclic) bond motifs is 1. The van der Waals surface area contributed by atoms with Gasteiger partial charge in [0, 0.05) is 42.6 Å². The third-order valence-electron chi connectivity index (χ3n) is 5.09. The number of carbonyl (C=O) groups excluding carboxylic acids is 1. The highest BCUT2D eigenvalue weighted by Gasteiger charge is 2.40. The van der Waals surface area contributed by atoms with E-state index < -0.39 is 0 Å². The molecule has 2 aromatic heterocycles. The van der Waals surface area contributed by atoms with Gasteiger partial charge in [0.1, 0.15) is 0 Å². The number of nitrogens with zero attached hydrogens (tertiary/aromatic N) is 4. The molecule has 0 bridgehead atoms. The number of hydrogen-bond acceptors (Lipinski definition) is 4. The number of amides is 1. The van der Waals surface area contributed by atoms with E-state index in [1.54, 1.807) is 10.6 Å². The first-order chi connectivity index (χ1) is 11.1. The number of carbonyl (C=O) groups is 1. The predicted molar refractivity (Wildman–Crippen MR) is 85.5 cm³/mol. The molecule has 122 valence electrons. The number of hydrogen-bond donors (Lipinski definition) is 0. The minimum Gasteiger partial charge on any atom is -0.381 e. The van der Waals surface area contributed by atoms with Crippen molar-refractivity contribution in [2.45, 2.75) is 33.1 Å². The Bertz CT molecular complexity index is 761. The summed E-state index contributed by atoms with van der Waals surface area (Å²) in [6.45, 7) is 7.12. The molecule has 6 heteroatoms. The van der Waals surface area contributed by atoms with Gasteiger partial charge in [-0.15, -0.1) is 0 Å². The number of rotatable bonds is 1. The van der Waals surface area contributed by atoms with Gasteiger partial charge < -0.3 is 9.64 Å². The van der Waals surface area contributed by atoms with Crippen LogP contribution in [0.2, 0.25) is 0 Å². The van der Waals surface area contributed by atoms with Crippen molar-refractivity contribution >= 4 is 11.6 Å². The van der Waals surface area contributed by atoms with E-state index in [-0.39, 0.29) is 11.3 Å². The van der Waals surface area contributed by atoms with Gasteiger partial charge >= 0.3 is 0 Å². The van der Waals surface area contributed by atoms with Crippen LogP contribution in [0.1, 0.15) is 41.1 Å². The Morgan fingerprint density at radius 3 is 2.96 bits per heavy atom. The van der Waals surface area contributed by atoms with Crippen LogP contribution in [0.5, 0.6) is 0 Å². The van der Waals surface area contributed by atoms with E-state index >= 15 is 0 Å². The van der Waals surface area contributed by atoms with E-state index in [0.29, 0.717) is 5.69 Å². The molecule has 1 unspecified atom stereocenters. The van der Waals surface area contributed by atoms with Crippen LogP contribution in [0.25, 0.3) is 5.65 Å². The average molecular weight is 314 g/mol. The van der Waals surface area contributed by atoms with E-state index in [1.165, 1.54) is 0 Å². The van der Waals surface area contributed by atoms with E-state index in [9.17, 15) is 4.79 Å². The van der Waals surface area contributed by atoms with Gasteiger partial charge in [-0.05, 0) is 39.2 Å². The van der Waals surface area contributed by atoms with Crippen molar-refractivity contribution in [1.82, 2.24) is 19.5 Å². The molecule has 1 amide bonds. The largest absolute Gasteiger partial charge is 0.381 e. The Morgan fingerprint density at radius 2 is 2.17 bits per heavy atom. The first-order valence-corrected chi connectivity index (χ1v) is 8.27. The fourth-order valence-corrected chi connectivity index (χ4v) is 3.91. The van der Waals surface area contributed by atoms with Crippen molar-refractivity contribution < 1.29 is 9.53 Å². The lowest BCUT2D eigenvalue weighted by Crippen LogP contribution is -2.46. The first kappa shape index (κ1) is 14.6. The molecule has 0 aromatic carbocycles. The lowest BCUT2D eigenvalue weighted by atomic mass is 9.79. The summed E-state index contributed by atoms with van der Waals surface area (Å²) in [7, 11) is 0. The molecule has 2 fully saturated rings. The van der Waals surface area contributed by atoms with Gasteiger partial charge in [0.25, 0.3) is 5.91 Å². The summed E-state index contributed by atoms with van der Waals surface area (Å²) < 4.78 is 7.33. The summed E-state index contributed by atoms with van der Waals surface area (Å²) in [5.74, 6) is 0.0125. The van der Waals surface area contributed by atoms with Gasteiger partial charge in [0.2, 0.25) is 0 Å². The Hall–Kier alpha value is -1.95.